The Bertz CT molecular complexity index is 461. The minimum absolute atomic E-state index is 0.505. The number of aromatic nitrogens is 3. The molecule has 0 unspecified atom stereocenters. The number of hydrogen-bond donors (Lipinski definition) is 0. The Labute approximate surface area is 106 Å². The molecule has 0 N–H and O–H groups in total. The van der Waals surface area contributed by atoms with Gasteiger partial charge in [0.15, 0.2) is 0 Å². The molecule has 6 heteroatoms. The monoisotopic (exact) mass is 298 g/mol. The van der Waals surface area contributed by atoms with Gasteiger partial charge in [-0.25, -0.2) is 4.68 Å². The normalized spacial score (nSPS) is 17.6. The van der Waals surface area contributed by atoms with Crippen LogP contribution in [0, 0.1) is 0 Å². The van der Waals surface area contributed by atoms with Gasteiger partial charge < -0.3 is 0 Å². The molecule has 1 aliphatic heterocycles. The van der Waals surface area contributed by atoms with E-state index in [2.05, 4.69) is 42.6 Å². The number of hydrogen-bond acceptors (Lipinski definition) is 4. The van der Waals surface area contributed by atoms with Crippen molar-refractivity contribution in [2.45, 2.75) is 12.6 Å². The van der Waals surface area contributed by atoms with Crippen molar-refractivity contribution < 1.29 is 0 Å². The number of thiophene rings is 1. The smallest absolute Gasteiger partial charge is 0.0790 e. The first-order valence-electron chi connectivity index (χ1n) is 5.12. The molecule has 0 radical (unpaired) electrons. The van der Waals surface area contributed by atoms with E-state index in [0.717, 1.165) is 19.6 Å². The summed E-state index contributed by atoms with van der Waals surface area (Å²) in [6.45, 7) is 3.18. The van der Waals surface area contributed by atoms with Gasteiger partial charge in [0, 0.05) is 40.6 Å². The molecule has 1 fully saturated rings. The van der Waals surface area contributed by atoms with Crippen LogP contribution in [0.4, 0.5) is 0 Å². The van der Waals surface area contributed by atoms with Crippen molar-refractivity contribution in [3.63, 3.8) is 0 Å². The predicted octanol–water partition coefficient (Wildman–Crippen LogP) is 2.16. The Hall–Kier alpha value is -0.720. The molecule has 0 spiro atoms. The minimum atomic E-state index is 0.505. The Balaban J connectivity index is 1.54. The van der Waals surface area contributed by atoms with Gasteiger partial charge in [0.25, 0.3) is 0 Å². The first kappa shape index (κ1) is 10.4. The minimum Gasteiger partial charge on any atom is -0.294 e. The second-order valence-corrected chi connectivity index (χ2v) is 5.87. The zero-order chi connectivity index (χ0) is 11.0. The van der Waals surface area contributed by atoms with Gasteiger partial charge in [-0.15, -0.1) is 16.4 Å². The topological polar surface area (TPSA) is 34.0 Å². The standard InChI is InChI=1S/C10H11BrN4S/c11-8-3-10(16-7-8)6-14-4-9(5-14)15-2-1-12-13-15/h1-3,7,9H,4-6H2. The second-order valence-electron chi connectivity index (χ2n) is 3.96. The number of halogens is 1. The quantitative estimate of drug-likeness (QED) is 0.871. The molecule has 1 saturated heterocycles. The van der Waals surface area contributed by atoms with Crippen LogP contribution in [-0.4, -0.2) is 33.0 Å². The summed E-state index contributed by atoms with van der Waals surface area (Å²) in [5, 5.41) is 9.98. The van der Waals surface area contributed by atoms with Crippen LogP contribution >= 0.6 is 27.3 Å². The van der Waals surface area contributed by atoms with E-state index in [4.69, 9.17) is 0 Å². The number of nitrogens with zero attached hydrogens (tertiary/aromatic N) is 4. The van der Waals surface area contributed by atoms with Crippen LogP contribution in [0.15, 0.2) is 28.3 Å². The highest BCUT2D eigenvalue weighted by Crippen LogP contribution is 2.26. The van der Waals surface area contributed by atoms with E-state index in [1.54, 1.807) is 17.5 Å². The van der Waals surface area contributed by atoms with Crippen molar-refractivity contribution in [2.24, 2.45) is 0 Å². The van der Waals surface area contributed by atoms with Gasteiger partial charge in [-0.1, -0.05) is 5.21 Å². The molecular formula is C10H11BrN4S. The van der Waals surface area contributed by atoms with E-state index in [-0.39, 0.29) is 0 Å². The molecule has 2 aromatic heterocycles. The predicted molar refractivity (Wildman–Crippen MR) is 66.4 cm³/mol. The highest BCUT2D eigenvalue weighted by Gasteiger charge is 2.28. The van der Waals surface area contributed by atoms with Crippen LogP contribution in [0.5, 0.6) is 0 Å². The van der Waals surface area contributed by atoms with Gasteiger partial charge in [-0.05, 0) is 22.0 Å². The number of rotatable bonds is 3. The van der Waals surface area contributed by atoms with Gasteiger partial charge in [-0.3, -0.25) is 4.90 Å². The van der Waals surface area contributed by atoms with Crippen molar-refractivity contribution in [3.05, 3.63) is 33.2 Å². The van der Waals surface area contributed by atoms with E-state index in [0.29, 0.717) is 6.04 Å². The van der Waals surface area contributed by atoms with Gasteiger partial charge in [0.05, 0.1) is 12.2 Å². The van der Waals surface area contributed by atoms with E-state index in [9.17, 15) is 0 Å². The maximum atomic E-state index is 4.02. The summed E-state index contributed by atoms with van der Waals surface area (Å²) in [7, 11) is 0. The molecule has 0 aliphatic carbocycles. The summed E-state index contributed by atoms with van der Waals surface area (Å²) < 4.78 is 3.13. The van der Waals surface area contributed by atoms with Crippen LogP contribution in [0.1, 0.15) is 10.9 Å². The maximum Gasteiger partial charge on any atom is 0.0790 e. The fourth-order valence-corrected chi connectivity index (χ4v) is 3.40. The average molecular weight is 299 g/mol. The average Bonchev–Trinajstić information content (AvgIpc) is 2.82. The van der Waals surface area contributed by atoms with Crippen LogP contribution in [-0.2, 0) is 6.54 Å². The molecule has 0 bridgehead atoms. The Morgan fingerprint density at radius 1 is 1.50 bits per heavy atom. The zero-order valence-corrected chi connectivity index (χ0v) is 11.0. The van der Waals surface area contributed by atoms with E-state index < -0.39 is 0 Å². The third kappa shape index (κ3) is 2.05. The lowest BCUT2D eigenvalue weighted by Gasteiger charge is -2.38. The fourth-order valence-electron chi connectivity index (χ4n) is 1.91. The molecule has 0 amide bonds. The van der Waals surface area contributed by atoms with Crippen molar-refractivity contribution in [2.75, 3.05) is 13.1 Å². The summed E-state index contributed by atoms with van der Waals surface area (Å²) in [6, 6.07) is 2.69. The summed E-state index contributed by atoms with van der Waals surface area (Å²) in [6.07, 6.45) is 3.67. The van der Waals surface area contributed by atoms with E-state index in [1.165, 1.54) is 9.35 Å². The van der Waals surface area contributed by atoms with Gasteiger partial charge in [0.2, 0.25) is 0 Å². The van der Waals surface area contributed by atoms with Crippen LogP contribution in [0.25, 0.3) is 0 Å². The van der Waals surface area contributed by atoms with Gasteiger partial charge in [0.1, 0.15) is 0 Å². The van der Waals surface area contributed by atoms with E-state index >= 15 is 0 Å². The van der Waals surface area contributed by atoms with Crippen molar-refractivity contribution >= 4 is 27.3 Å². The van der Waals surface area contributed by atoms with Crippen LogP contribution in [0.3, 0.4) is 0 Å². The first-order chi connectivity index (χ1) is 7.81. The molecule has 2 aromatic rings. The summed E-state index contributed by atoms with van der Waals surface area (Å²) in [5.41, 5.74) is 0. The van der Waals surface area contributed by atoms with Crippen molar-refractivity contribution in [3.8, 4) is 0 Å². The fraction of sp³-hybridized carbons (Fsp3) is 0.400. The van der Waals surface area contributed by atoms with Gasteiger partial charge >= 0.3 is 0 Å². The third-order valence-electron chi connectivity index (χ3n) is 2.75. The second kappa shape index (κ2) is 4.27. The molecule has 1 aliphatic rings. The Morgan fingerprint density at radius 2 is 2.38 bits per heavy atom. The molecule has 0 atom stereocenters. The van der Waals surface area contributed by atoms with Crippen molar-refractivity contribution in [1.29, 1.82) is 0 Å². The largest absolute Gasteiger partial charge is 0.294 e. The summed E-state index contributed by atoms with van der Waals surface area (Å²) >= 11 is 5.28. The van der Waals surface area contributed by atoms with Crippen molar-refractivity contribution in [1.82, 2.24) is 19.9 Å². The molecular weight excluding hydrogens is 288 g/mol. The molecule has 3 heterocycles. The van der Waals surface area contributed by atoms with Crippen LogP contribution in [0.2, 0.25) is 0 Å². The molecule has 3 rings (SSSR count). The highest BCUT2D eigenvalue weighted by atomic mass is 79.9. The molecule has 4 nitrogen and oxygen atoms in total. The number of likely N-dealkylation sites (tertiary alicyclic amines) is 1. The summed E-state index contributed by atoms with van der Waals surface area (Å²) in [5.74, 6) is 0. The van der Waals surface area contributed by atoms with Gasteiger partial charge in [-0.2, -0.15) is 0 Å². The lowest BCUT2D eigenvalue weighted by Crippen LogP contribution is -2.47. The Kier molecular flexibility index (Phi) is 2.79. The molecule has 84 valence electrons. The molecule has 16 heavy (non-hydrogen) atoms. The third-order valence-corrected chi connectivity index (χ3v) is 4.44. The summed E-state index contributed by atoms with van der Waals surface area (Å²) in [4.78, 5) is 3.83. The Morgan fingerprint density at radius 3 is 3.00 bits per heavy atom. The zero-order valence-electron chi connectivity index (χ0n) is 8.58. The first-order valence-corrected chi connectivity index (χ1v) is 6.79. The maximum absolute atomic E-state index is 4.02. The SMILES string of the molecule is Brc1csc(CN2CC(n3ccnn3)C2)c1. The lowest BCUT2D eigenvalue weighted by molar-refractivity contribution is 0.0907. The van der Waals surface area contributed by atoms with E-state index in [1.807, 2.05) is 10.9 Å². The highest BCUT2D eigenvalue weighted by molar-refractivity contribution is 9.10. The van der Waals surface area contributed by atoms with Crippen LogP contribution < -0.4 is 0 Å². The lowest BCUT2D eigenvalue weighted by atomic mass is 10.1. The molecule has 0 saturated carbocycles. The molecule has 0 aromatic carbocycles.